The van der Waals surface area contributed by atoms with E-state index in [1.807, 2.05) is 0 Å². The number of fused-ring (bicyclic) bond motifs is 2. The Bertz CT molecular complexity index is 565. The van der Waals surface area contributed by atoms with E-state index in [0.29, 0.717) is 32.5 Å². The second kappa shape index (κ2) is 8.14. The number of hydrogen-bond acceptors (Lipinski definition) is 7. The predicted molar refractivity (Wildman–Crippen MR) is 85.5 cm³/mol. The first-order valence-electron chi connectivity index (χ1n) is 8.67. The standard InChI is InChI=1S/C14H25N3O7S/c18-14-16-9-12(17(14)24-25(19,20)21)6-5-11(16)8-15-23-10-13-4-2-1-3-7-22-13/h11-13,15H,1-10H2,(H,19,20,21)/t11-,12+,13?/m0/s1. The fourth-order valence-electron chi connectivity index (χ4n) is 3.55. The van der Waals surface area contributed by atoms with Gasteiger partial charge in [0.05, 0.1) is 18.8 Å². The maximum atomic E-state index is 12.3. The Hall–Kier alpha value is -0.980. The van der Waals surface area contributed by atoms with E-state index in [4.69, 9.17) is 14.1 Å². The normalized spacial score (nSPS) is 30.6. The highest BCUT2D eigenvalue weighted by Gasteiger charge is 2.47. The SMILES string of the molecule is O=C1N2C[C@@H](CC[C@H]2CNOCC2CCCCCO2)N1OS(=O)(=O)O. The van der Waals surface area contributed by atoms with Crippen molar-refractivity contribution < 1.29 is 31.6 Å². The molecule has 3 saturated heterocycles. The Morgan fingerprint density at radius 3 is 2.88 bits per heavy atom. The lowest BCUT2D eigenvalue weighted by atomic mass is 10.0. The van der Waals surface area contributed by atoms with E-state index in [1.54, 1.807) is 0 Å². The van der Waals surface area contributed by atoms with Crippen molar-refractivity contribution >= 4 is 16.4 Å². The van der Waals surface area contributed by atoms with Gasteiger partial charge in [0, 0.05) is 25.7 Å². The van der Waals surface area contributed by atoms with E-state index < -0.39 is 16.4 Å². The van der Waals surface area contributed by atoms with Crippen LogP contribution < -0.4 is 5.48 Å². The lowest BCUT2D eigenvalue weighted by Crippen LogP contribution is -2.46. The molecular formula is C14H25N3O7S. The van der Waals surface area contributed by atoms with Crippen LogP contribution in [-0.2, 0) is 24.3 Å². The van der Waals surface area contributed by atoms with Crippen LogP contribution >= 0.6 is 0 Å². The first-order chi connectivity index (χ1) is 11.9. The largest absolute Gasteiger partial charge is 0.418 e. The molecule has 144 valence electrons. The van der Waals surface area contributed by atoms with Gasteiger partial charge in [-0.1, -0.05) is 12.8 Å². The first-order valence-corrected chi connectivity index (χ1v) is 10.0. The van der Waals surface area contributed by atoms with Crippen molar-refractivity contribution in [2.45, 2.75) is 56.7 Å². The molecule has 0 radical (unpaired) electrons. The third-order valence-electron chi connectivity index (χ3n) is 4.84. The molecule has 2 bridgehead atoms. The summed E-state index contributed by atoms with van der Waals surface area (Å²) in [7, 11) is -4.71. The number of nitrogens with one attached hydrogen (secondary N) is 1. The van der Waals surface area contributed by atoms with E-state index >= 15 is 0 Å². The van der Waals surface area contributed by atoms with Gasteiger partial charge >= 0.3 is 16.4 Å². The molecule has 1 unspecified atom stereocenters. The zero-order valence-corrected chi connectivity index (χ0v) is 14.8. The molecule has 0 aromatic heterocycles. The molecule has 3 fully saturated rings. The molecular weight excluding hydrogens is 354 g/mol. The molecule has 0 aromatic rings. The lowest BCUT2D eigenvalue weighted by molar-refractivity contribution is -0.0547. The van der Waals surface area contributed by atoms with Gasteiger partial charge < -0.3 is 9.64 Å². The second-order valence-electron chi connectivity index (χ2n) is 6.65. The average molecular weight is 379 g/mol. The molecule has 3 aliphatic heterocycles. The highest BCUT2D eigenvalue weighted by molar-refractivity contribution is 7.80. The van der Waals surface area contributed by atoms with E-state index in [-0.39, 0.29) is 18.2 Å². The number of ether oxygens (including phenoxy) is 1. The predicted octanol–water partition coefficient (Wildman–Crippen LogP) is 0.470. The topological polar surface area (TPSA) is 118 Å². The minimum Gasteiger partial charge on any atom is -0.376 e. The number of urea groups is 1. The molecule has 3 atom stereocenters. The Labute approximate surface area is 147 Å². The van der Waals surface area contributed by atoms with Crippen LogP contribution in [-0.4, -0.2) is 73.5 Å². The van der Waals surface area contributed by atoms with Crippen LogP contribution in [0.15, 0.2) is 0 Å². The maximum absolute atomic E-state index is 12.3. The van der Waals surface area contributed by atoms with Crippen LogP contribution in [0.4, 0.5) is 4.79 Å². The molecule has 3 aliphatic rings. The van der Waals surface area contributed by atoms with E-state index in [1.165, 1.54) is 11.3 Å². The smallest absolute Gasteiger partial charge is 0.376 e. The van der Waals surface area contributed by atoms with E-state index in [0.717, 1.165) is 30.9 Å². The van der Waals surface area contributed by atoms with Crippen LogP contribution in [0, 0.1) is 0 Å². The zero-order valence-electron chi connectivity index (χ0n) is 14.0. The summed E-state index contributed by atoms with van der Waals surface area (Å²) in [6.07, 6.45) is 5.79. The van der Waals surface area contributed by atoms with Gasteiger partial charge in [0.2, 0.25) is 0 Å². The Balaban J connectivity index is 1.43. The third-order valence-corrected chi connectivity index (χ3v) is 5.18. The molecule has 2 N–H and O–H groups in total. The van der Waals surface area contributed by atoms with E-state index in [9.17, 15) is 13.2 Å². The summed E-state index contributed by atoms with van der Waals surface area (Å²) < 4.78 is 40.6. The second-order valence-corrected chi connectivity index (χ2v) is 7.65. The van der Waals surface area contributed by atoms with Crippen molar-refractivity contribution in [1.29, 1.82) is 0 Å². The summed E-state index contributed by atoms with van der Waals surface area (Å²) in [5.41, 5.74) is 2.89. The first kappa shape index (κ1) is 18.8. The van der Waals surface area contributed by atoms with Gasteiger partial charge in [0.15, 0.2) is 0 Å². The summed E-state index contributed by atoms with van der Waals surface area (Å²) in [5.74, 6) is 0. The van der Waals surface area contributed by atoms with Crippen molar-refractivity contribution in [2.24, 2.45) is 0 Å². The van der Waals surface area contributed by atoms with Crippen LogP contribution in [0.1, 0.15) is 38.5 Å². The quantitative estimate of drug-likeness (QED) is 0.372. The molecule has 10 nitrogen and oxygen atoms in total. The molecule has 2 amide bonds. The number of nitrogens with zero attached hydrogens (tertiary/aromatic N) is 2. The average Bonchev–Trinajstić information content (AvgIpc) is 2.76. The number of hydroxylamine groups is 3. The number of carbonyl (C=O) groups excluding carboxylic acids is 1. The molecule has 0 aromatic carbocycles. The summed E-state index contributed by atoms with van der Waals surface area (Å²) in [4.78, 5) is 19.3. The molecule has 3 heterocycles. The van der Waals surface area contributed by atoms with Gasteiger partial charge in [-0.15, -0.1) is 4.28 Å². The van der Waals surface area contributed by atoms with Crippen LogP contribution in [0.3, 0.4) is 0 Å². The summed E-state index contributed by atoms with van der Waals surface area (Å²) in [5, 5.41) is 0.746. The molecule has 11 heteroatoms. The highest BCUT2D eigenvalue weighted by atomic mass is 32.3. The number of hydrogen-bond donors (Lipinski definition) is 2. The molecule has 0 spiro atoms. The minimum absolute atomic E-state index is 0.0952. The summed E-state index contributed by atoms with van der Waals surface area (Å²) in [6, 6.07) is -1.04. The fraction of sp³-hybridized carbons (Fsp3) is 0.929. The molecule has 0 aliphatic carbocycles. The number of carbonyl (C=O) groups is 1. The van der Waals surface area contributed by atoms with Crippen molar-refractivity contribution in [3.8, 4) is 0 Å². The molecule has 3 rings (SSSR count). The third kappa shape index (κ3) is 5.02. The van der Waals surface area contributed by atoms with E-state index in [2.05, 4.69) is 9.76 Å². The fourth-order valence-corrected chi connectivity index (χ4v) is 3.93. The van der Waals surface area contributed by atoms with Gasteiger partial charge in [0.25, 0.3) is 0 Å². The van der Waals surface area contributed by atoms with Gasteiger partial charge in [-0.2, -0.15) is 13.5 Å². The van der Waals surface area contributed by atoms with Crippen LogP contribution in [0.25, 0.3) is 0 Å². The minimum atomic E-state index is -4.71. The van der Waals surface area contributed by atoms with Gasteiger partial charge in [-0.3, -0.25) is 9.39 Å². The Morgan fingerprint density at radius 1 is 1.24 bits per heavy atom. The Morgan fingerprint density at radius 2 is 2.08 bits per heavy atom. The van der Waals surface area contributed by atoms with Crippen molar-refractivity contribution in [1.82, 2.24) is 15.4 Å². The molecule has 25 heavy (non-hydrogen) atoms. The van der Waals surface area contributed by atoms with Crippen LogP contribution in [0.5, 0.6) is 0 Å². The zero-order chi connectivity index (χ0) is 17.9. The number of amides is 2. The van der Waals surface area contributed by atoms with Crippen molar-refractivity contribution in [3.63, 3.8) is 0 Å². The Kier molecular flexibility index (Phi) is 6.12. The molecule has 0 saturated carbocycles. The highest BCUT2D eigenvalue weighted by Crippen LogP contribution is 2.30. The maximum Gasteiger partial charge on any atom is 0.418 e. The van der Waals surface area contributed by atoms with Crippen LogP contribution in [0.2, 0.25) is 0 Å². The summed E-state index contributed by atoms with van der Waals surface area (Å²) >= 11 is 0. The van der Waals surface area contributed by atoms with Gasteiger partial charge in [-0.05, 0) is 25.7 Å². The van der Waals surface area contributed by atoms with Gasteiger partial charge in [0.1, 0.15) is 0 Å². The van der Waals surface area contributed by atoms with Crippen molar-refractivity contribution in [3.05, 3.63) is 0 Å². The van der Waals surface area contributed by atoms with Gasteiger partial charge in [-0.25, -0.2) is 10.3 Å². The monoisotopic (exact) mass is 379 g/mol. The summed E-state index contributed by atoms with van der Waals surface area (Å²) in [6.45, 7) is 2.03. The number of rotatable bonds is 7. The lowest BCUT2D eigenvalue weighted by Gasteiger charge is -2.30. The number of piperidine rings is 1. The van der Waals surface area contributed by atoms with Crippen molar-refractivity contribution in [2.75, 3.05) is 26.3 Å².